The molecule has 6 heteroatoms. The van der Waals surface area contributed by atoms with Crippen LogP contribution in [0.4, 0.5) is 17.8 Å². The number of hydrogen-bond acceptors (Lipinski definition) is 6. The SMILES string of the molecule is CNc1nc(NC2CCC(C)(C)C2)nc(N(C)C)n1. The average molecular weight is 264 g/mol. The van der Waals surface area contributed by atoms with Crippen molar-refractivity contribution in [3.05, 3.63) is 0 Å². The first kappa shape index (κ1) is 13.8. The summed E-state index contributed by atoms with van der Waals surface area (Å²) in [5.41, 5.74) is 0.418. The Kier molecular flexibility index (Phi) is 3.78. The molecule has 1 saturated carbocycles. The van der Waals surface area contributed by atoms with Crippen LogP contribution in [0.3, 0.4) is 0 Å². The van der Waals surface area contributed by atoms with Crippen LogP contribution in [0.2, 0.25) is 0 Å². The van der Waals surface area contributed by atoms with Gasteiger partial charge in [0, 0.05) is 27.2 Å². The number of aromatic nitrogens is 3. The van der Waals surface area contributed by atoms with Gasteiger partial charge in [0.05, 0.1) is 0 Å². The predicted octanol–water partition coefficient (Wildman–Crippen LogP) is 1.97. The Bertz CT molecular complexity index is 443. The molecule has 0 saturated heterocycles. The first-order valence-electron chi connectivity index (χ1n) is 6.77. The Morgan fingerprint density at radius 3 is 2.37 bits per heavy atom. The zero-order valence-corrected chi connectivity index (χ0v) is 12.5. The lowest BCUT2D eigenvalue weighted by atomic mass is 9.92. The molecule has 6 nitrogen and oxygen atoms in total. The van der Waals surface area contributed by atoms with E-state index in [0.29, 0.717) is 29.3 Å². The number of rotatable bonds is 4. The molecule has 1 atom stereocenters. The summed E-state index contributed by atoms with van der Waals surface area (Å²) >= 11 is 0. The maximum absolute atomic E-state index is 4.44. The Hall–Kier alpha value is -1.59. The summed E-state index contributed by atoms with van der Waals surface area (Å²) in [6, 6.07) is 0.456. The van der Waals surface area contributed by atoms with E-state index in [1.807, 2.05) is 26.0 Å². The highest BCUT2D eigenvalue weighted by atomic mass is 15.3. The Morgan fingerprint density at radius 2 is 1.84 bits per heavy atom. The highest BCUT2D eigenvalue weighted by Crippen LogP contribution is 2.38. The molecular weight excluding hydrogens is 240 g/mol. The van der Waals surface area contributed by atoms with Gasteiger partial charge in [-0.05, 0) is 24.7 Å². The molecule has 0 amide bonds. The molecule has 19 heavy (non-hydrogen) atoms. The van der Waals surface area contributed by atoms with Gasteiger partial charge in [0.15, 0.2) is 0 Å². The fourth-order valence-corrected chi connectivity index (χ4v) is 2.48. The normalized spacial score (nSPS) is 21.2. The Morgan fingerprint density at radius 1 is 1.16 bits per heavy atom. The monoisotopic (exact) mass is 264 g/mol. The van der Waals surface area contributed by atoms with Crippen LogP contribution >= 0.6 is 0 Å². The van der Waals surface area contributed by atoms with E-state index in [0.717, 1.165) is 6.42 Å². The van der Waals surface area contributed by atoms with Gasteiger partial charge in [-0.1, -0.05) is 13.8 Å². The van der Waals surface area contributed by atoms with Crippen LogP contribution in [-0.4, -0.2) is 42.1 Å². The van der Waals surface area contributed by atoms with Crippen molar-refractivity contribution in [3.63, 3.8) is 0 Å². The van der Waals surface area contributed by atoms with Crippen LogP contribution in [0, 0.1) is 5.41 Å². The predicted molar refractivity (Wildman–Crippen MR) is 78.7 cm³/mol. The van der Waals surface area contributed by atoms with Crippen molar-refractivity contribution in [1.82, 2.24) is 15.0 Å². The molecule has 0 aromatic carbocycles. The highest BCUT2D eigenvalue weighted by molar-refractivity contribution is 5.43. The fraction of sp³-hybridized carbons (Fsp3) is 0.769. The van der Waals surface area contributed by atoms with Crippen molar-refractivity contribution in [2.45, 2.75) is 39.2 Å². The van der Waals surface area contributed by atoms with E-state index < -0.39 is 0 Å². The van der Waals surface area contributed by atoms with Crippen molar-refractivity contribution in [2.75, 3.05) is 36.7 Å². The van der Waals surface area contributed by atoms with Crippen LogP contribution < -0.4 is 15.5 Å². The molecule has 1 aromatic heterocycles. The average Bonchev–Trinajstić information content (AvgIpc) is 2.68. The van der Waals surface area contributed by atoms with Gasteiger partial charge < -0.3 is 15.5 Å². The van der Waals surface area contributed by atoms with Crippen molar-refractivity contribution in [1.29, 1.82) is 0 Å². The molecule has 2 rings (SSSR count). The lowest BCUT2D eigenvalue weighted by Gasteiger charge is -2.19. The van der Waals surface area contributed by atoms with E-state index in [2.05, 4.69) is 39.4 Å². The van der Waals surface area contributed by atoms with Gasteiger partial charge in [-0.25, -0.2) is 0 Å². The minimum absolute atomic E-state index is 0.418. The van der Waals surface area contributed by atoms with Crippen LogP contribution in [0.1, 0.15) is 33.1 Å². The van der Waals surface area contributed by atoms with Gasteiger partial charge in [-0.15, -0.1) is 0 Å². The molecule has 1 fully saturated rings. The number of anilines is 3. The van der Waals surface area contributed by atoms with E-state index in [1.165, 1.54) is 12.8 Å². The van der Waals surface area contributed by atoms with E-state index in [4.69, 9.17) is 0 Å². The molecule has 1 unspecified atom stereocenters. The van der Waals surface area contributed by atoms with Crippen molar-refractivity contribution in [3.8, 4) is 0 Å². The molecule has 2 N–H and O–H groups in total. The fourth-order valence-electron chi connectivity index (χ4n) is 2.48. The molecular formula is C13H24N6. The lowest BCUT2D eigenvalue weighted by molar-refractivity contribution is 0.378. The van der Waals surface area contributed by atoms with E-state index in [9.17, 15) is 0 Å². The van der Waals surface area contributed by atoms with Crippen LogP contribution in [0.25, 0.3) is 0 Å². The van der Waals surface area contributed by atoms with Gasteiger partial charge in [-0.2, -0.15) is 15.0 Å². The molecule has 0 radical (unpaired) electrons. The van der Waals surface area contributed by atoms with Gasteiger partial charge >= 0.3 is 0 Å². The van der Waals surface area contributed by atoms with Crippen molar-refractivity contribution < 1.29 is 0 Å². The number of hydrogen-bond donors (Lipinski definition) is 2. The van der Waals surface area contributed by atoms with Crippen molar-refractivity contribution >= 4 is 17.8 Å². The largest absolute Gasteiger partial charge is 0.357 e. The second kappa shape index (κ2) is 5.19. The zero-order chi connectivity index (χ0) is 14.0. The first-order chi connectivity index (χ1) is 8.89. The number of nitrogens with zero attached hydrogens (tertiary/aromatic N) is 4. The smallest absolute Gasteiger partial charge is 0.231 e. The van der Waals surface area contributed by atoms with E-state index >= 15 is 0 Å². The molecule has 0 bridgehead atoms. The number of nitrogens with one attached hydrogen (secondary N) is 2. The molecule has 1 aromatic rings. The molecule has 0 spiro atoms. The molecule has 1 aliphatic rings. The second-order valence-corrected chi connectivity index (χ2v) is 6.18. The summed E-state index contributed by atoms with van der Waals surface area (Å²) < 4.78 is 0. The molecule has 1 aliphatic carbocycles. The third-order valence-corrected chi connectivity index (χ3v) is 3.55. The van der Waals surface area contributed by atoms with Crippen LogP contribution in [0.5, 0.6) is 0 Å². The maximum Gasteiger partial charge on any atom is 0.231 e. The second-order valence-electron chi connectivity index (χ2n) is 6.18. The summed E-state index contributed by atoms with van der Waals surface area (Å²) in [5.74, 6) is 1.92. The van der Waals surface area contributed by atoms with Gasteiger partial charge in [-0.3, -0.25) is 0 Å². The van der Waals surface area contributed by atoms with E-state index in [-0.39, 0.29) is 0 Å². The zero-order valence-electron chi connectivity index (χ0n) is 12.5. The maximum atomic E-state index is 4.44. The summed E-state index contributed by atoms with van der Waals surface area (Å²) in [6.07, 6.45) is 3.57. The quantitative estimate of drug-likeness (QED) is 0.866. The standard InChI is InChI=1S/C13H24N6/c1-13(2)7-6-9(8-13)15-11-16-10(14-3)17-12(18-11)19(4)5/h9H,6-8H2,1-5H3,(H2,14,15,16,17,18). The van der Waals surface area contributed by atoms with E-state index in [1.54, 1.807) is 0 Å². The summed E-state index contributed by atoms with van der Waals surface area (Å²) in [6.45, 7) is 4.62. The Labute approximate surface area is 115 Å². The summed E-state index contributed by atoms with van der Waals surface area (Å²) in [5, 5.41) is 6.41. The first-order valence-corrected chi connectivity index (χ1v) is 6.77. The third-order valence-electron chi connectivity index (χ3n) is 3.55. The topological polar surface area (TPSA) is 66.0 Å². The molecule has 1 heterocycles. The lowest BCUT2D eigenvalue weighted by Crippen LogP contribution is -2.21. The van der Waals surface area contributed by atoms with Crippen LogP contribution in [0.15, 0.2) is 0 Å². The minimum Gasteiger partial charge on any atom is -0.357 e. The highest BCUT2D eigenvalue weighted by Gasteiger charge is 2.31. The van der Waals surface area contributed by atoms with Gasteiger partial charge in [0.2, 0.25) is 17.8 Å². The van der Waals surface area contributed by atoms with Crippen LogP contribution in [-0.2, 0) is 0 Å². The van der Waals surface area contributed by atoms with Gasteiger partial charge in [0.25, 0.3) is 0 Å². The van der Waals surface area contributed by atoms with Gasteiger partial charge in [0.1, 0.15) is 0 Å². The molecule has 0 aliphatic heterocycles. The third kappa shape index (κ3) is 3.45. The Balaban J connectivity index is 2.13. The van der Waals surface area contributed by atoms with Crippen molar-refractivity contribution in [2.24, 2.45) is 5.41 Å². The summed E-state index contributed by atoms with van der Waals surface area (Å²) in [7, 11) is 5.67. The molecule has 106 valence electrons. The summed E-state index contributed by atoms with van der Waals surface area (Å²) in [4.78, 5) is 15.0. The minimum atomic E-state index is 0.418.